The van der Waals surface area contributed by atoms with Crippen molar-refractivity contribution in [3.63, 3.8) is 0 Å². The minimum absolute atomic E-state index is 0.0184. The highest BCUT2D eigenvalue weighted by atomic mass is 14.7. The summed E-state index contributed by atoms with van der Waals surface area (Å²) < 4.78 is 0. The quantitative estimate of drug-likeness (QED) is 0.330. The molecule has 2 nitrogen and oxygen atoms in total. The van der Waals surface area contributed by atoms with E-state index in [1.54, 1.807) is 12.2 Å². The molecule has 0 amide bonds. The van der Waals surface area contributed by atoms with Crippen molar-refractivity contribution in [2.45, 2.75) is 0 Å². The number of hydrogen-bond acceptors (Lipinski definition) is 1. The SMILES string of the molecule is C=C/C=C(\C=C)C(=N)N. The second kappa shape index (κ2) is 3.66. The van der Waals surface area contributed by atoms with Gasteiger partial charge in [-0.05, 0) is 0 Å². The molecular formula is C7H10N2. The molecule has 9 heavy (non-hydrogen) atoms. The molecule has 48 valence electrons. The Morgan fingerprint density at radius 3 is 2.11 bits per heavy atom. The maximum absolute atomic E-state index is 6.95. The van der Waals surface area contributed by atoms with Gasteiger partial charge < -0.3 is 5.73 Å². The number of nitrogens with one attached hydrogen (secondary N) is 1. The molecule has 0 aromatic heterocycles. The number of hydrogen-bond donors (Lipinski definition) is 2. The fourth-order valence-corrected chi connectivity index (χ4v) is 0.395. The van der Waals surface area contributed by atoms with E-state index < -0.39 is 0 Å². The van der Waals surface area contributed by atoms with Crippen LogP contribution in [0.1, 0.15) is 0 Å². The molecule has 0 saturated heterocycles. The van der Waals surface area contributed by atoms with Crippen molar-refractivity contribution < 1.29 is 0 Å². The van der Waals surface area contributed by atoms with Gasteiger partial charge in [-0.2, -0.15) is 0 Å². The van der Waals surface area contributed by atoms with E-state index in [9.17, 15) is 0 Å². The topological polar surface area (TPSA) is 49.9 Å². The minimum Gasteiger partial charge on any atom is -0.384 e. The maximum atomic E-state index is 6.95. The standard InChI is InChI=1S/C7H10N2/c1-3-5-6(4-2)7(8)9/h3-5H,1-2H2,(H3,8,9)/b6-5+. The van der Waals surface area contributed by atoms with Crippen molar-refractivity contribution in [2.24, 2.45) is 5.73 Å². The van der Waals surface area contributed by atoms with Gasteiger partial charge in [-0.3, -0.25) is 5.41 Å². The van der Waals surface area contributed by atoms with Crippen LogP contribution in [0.4, 0.5) is 0 Å². The summed E-state index contributed by atoms with van der Waals surface area (Å²) in [6, 6.07) is 0. The lowest BCUT2D eigenvalue weighted by molar-refractivity contribution is 1.43. The Morgan fingerprint density at radius 2 is 2.00 bits per heavy atom. The smallest absolute Gasteiger partial charge is 0.122 e. The third-order valence-electron chi connectivity index (χ3n) is 0.828. The van der Waals surface area contributed by atoms with Gasteiger partial charge in [0, 0.05) is 5.57 Å². The van der Waals surface area contributed by atoms with Gasteiger partial charge in [0.25, 0.3) is 0 Å². The Morgan fingerprint density at radius 1 is 1.44 bits per heavy atom. The number of rotatable bonds is 3. The molecule has 0 aliphatic rings. The molecule has 0 rings (SSSR count). The highest BCUT2D eigenvalue weighted by molar-refractivity contribution is 5.97. The molecule has 0 atom stereocenters. The first kappa shape index (κ1) is 7.69. The first-order chi connectivity index (χ1) is 4.22. The minimum atomic E-state index is 0.0184. The molecular weight excluding hydrogens is 112 g/mol. The summed E-state index contributed by atoms with van der Waals surface area (Å²) in [6.07, 6.45) is 4.72. The zero-order chi connectivity index (χ0) is 7.28. The van der Waals surface area contributed by atoms with E-state index in [2.05, 4.69) is 13.2 Å². The molecule has 0 radical (unpaired) electrons. The van der Waals surface area contributed by atoms with Crippen molar-refractivity contribution in [3.05, 3.63) is 37.0 Å². The Hall–Kier alpha value is -1.31. The van der Waals surface area contributed by atoms with E-state index in [4.69, 9.17) is 11.1 Å². The van der Waals surface area contributed by atoms with Gasteiger partial charge >= 0.3 is 0 Å². The molecule has 0 aromatic rings. The molecule has 3 N–H and O–H groups in total. The Balaban J connectivity index is 4.32. The summed E-state index contributed by atoms with van der Waals surface area (Å²) >= 11 is 0. The summed E-state index contributed by atoms with van der Waals surface area (Å²) in [7, 11) is 0. The van der Waals surface area contributed by atoms with Crippen LogP contribution in [0.2, 0.25) is 0 Å². The average molecular weight is 122 g/mol. The zero-order valence-electron chi connectivity index (χ0n) is 5.22. The van der Waals surface area contributed by atoms with E-state index >= 15 is 0 Å². The number of nitrogens with two attached hydrogens (primary N) is 1. The zero-order valence-corrected chi connectivity index (χ0v) is 5.22. The molecule has 0 saturated carbocycles. The Labute approximate surface area is 54.9 Å². The van der Waals surface area contributed by atoms with Crippen LogP contribution in [0, 0.1) is 5.41 Å². The summed E-state index contributed by atoms with van der Waals surface area (Å²) in [5.74, 6) is 0.0184. The molecule has 0 bridgehead atoms. The molecule has 0 heterocycles. The van der Waals surface area contributed by atoms with Gasteiger partial charge in [-0.25, -0.2) is 0 Å². The monoisotopic (exact) mass is 122 g/mol. The molecule has 0 aliphatic heterocycles. The van der Waals surface area contributed by atoms with Crippen molar-refractivity contribution in [1.29, 1.82) is 5.41 Å². The third-order valence-corrected chi connectivity index (χ3v) is 0.828. The first-order valence-corrected chi connectivity index (χ1v) is 2.52. The lowest BCUT2D eigenvalue weighted by atomic mass is 10.2. The van der Waals surface area contributed by atoms with Crippen LogP contribution in [-0.2, 0) is 0 Å². The fraction of sp³-hybridized carbons (Fsp3) is 0. The lowest BCUT2D eigenvalue weighted by Gasteiger charge is -1.93. The summed E-state index contributed by atoms with van der Waals surface area (Å²) in [4.78, 5) is 0. The number of amidine groups is 1. The van der Waals surface area contributed by atoms with Crippen LogP contribution in [0.25, 0.3) is 0 Å². The first-order valence-electron chi connectivity index (χ1n) is 2.52. The Bertz CT molecular complexity index is 166. The van der Waals surface area contributed by atoms with Crippen LogP contribution in [0.15, 0.2) is 37.0 Å². The summed E-state index contributed by atoms with van der Waals surface area (Å²) in [5.41, 5.74) is 5.73. The maximum Gasteiger partial charge on any atom is 0.122 e. The van der Waals surface area contributed by atoms with E-state index in [1.165, 1.54) is 6.08 Å². The van der Waals surface area contributed by atoms with E-state index in [1.807, 2.05) is 0 Å². The molecule has 0 fully saturated rings. The van der Waals surface area contributed by atoms with Crippen LogP contribution in [-0.4, -0.2) is 5.84 Å². The highest BCUT2D eigenvalue weighted by Crippen LogP contribution is 1.92. The second-order valence-electron chi connectivity index (χ2n) is 1.48. The van der Waals surface area contributed by atoms with Crippen LogP contribution < -0.4 is 5.73 Å². The summed E-state index contributed by atoms with van der Waals surface area (Å²) in [6.45, 7) is 6.92. The largest absolute Gasteiger partial charge is 0.384 e. The van der Waals surface area contributed by atoms with Gasteiger partial charge in [0.2, 0.25) is 0 Å². The van der Waals surface area contributed by atoms with Gasteiger partial charge in [0.15, 0.2) is 0 Å². The van der Waals surface area contributed by atoms with Crippen molar-refractivity contribution in [2.75, 3.05) is 0 Å². The van der Waals surface area contributed by atoms with E-state index in [-0.39, 0.29) is 5.84 Å². The van der Waals surface area contributed by atoms with Crippen molar-refractivity contribution in [3.8, 4) is 0 Å². The molecule has 2 heteroatoms. The van der Waals surface area contributed by atoms with E-state index in [0.29, 0.717) is 5.57 Å². The van der Waals surface area contributed by atoms with Crippen molar-refractivity contribution in [1.82, 2.24) is 0 Å². The number of allylic oxidation sites excluding steroid dienone is 2. The molecule has 0 unspecified atom stereocenters. The van der Waals surface area contributed by atoms with Crippen LogP contribution in [0.3, 0.4) is 0 Å². The van der Waals surface area contributed by atoms with E-state index in [0.717, 1.165) is 0 Å². The van der Waals surface area contributed by atoms with Gasteiger partial charge in [-0.1, -0.05) is 31.4 Å². The van der Waals surface area contributed by atoms with Crippen LogP contribution >= 0.6 is 0 Å². The average Bonchev–Trinajstić information content (AvgIpc) is 1.82. The van der Waals surface area contributed by atoms with Gasteiger partial charge in [0.05, 0.1) is 0 Å². The van der Waals surface area contributed by atoms with Crippen molar-refractivity contribution >= 4 is 5.84 Å². The lowest BCUT2D eigenvalue weighted by Crippen LogP contribution is -2.10. The molecule has 0 aliphatic carbocycles. The second-order valence-corrected chi connectivity index (χ2v) is 1.48. The molecule has 0 spiro atoms. The fourth-order valence-electron chi connectivity index (χ4n) is 0.395. The Kier molecular flexibility index (Phi) is 3.13. The van der Waals surface area contributed by atoms with Gasteiger partial charge in [-0.15, -0.1) is 0 Å². The van der Waals surface area contributed by atoms with Gasteiger partial charge in [0.1, 0.15) is 5.84 Å². The predicted molar refractivity (Wildman–Crippen MR) is 40.4 cm³/mol. The highest BCUT2D eigenvalue weighted by Gasteiger charge is 1.89. The summed E-state index contributed by atoms with van der Waals surface area (Å²) in [5, 5.41) is 6.95. The third kappa shape index (κ3) is 2.49. The predicted octanol–water partition coefficient (Wildman–Crippen LogP) is 1.22. The normalized spacial score (nSPS) is 10.4. The molecule has 0 aromatic carbocycles. The van der Waals surface area contributed by atoms with Crippen LogP contribution in [0.5, 0.6) is 0 Å².